The highest BCUT2D eigenvalue weighted by atomic mass is 35.5. The van der Waals surface area contributed by atoms with Gasteiger partial charge in [0.2, 0.25) is 0 Å². The van der Waals surface area contributed by atoms with Crippen LogP contribution in [-0.4, -0.2) is 35.5 Å². The molecule has 5 aromatic rings. The monoisotopic (exact) mass is 642 g/mol. The number of para-hydroxylation sites is 1. The third-order valence-corrected chi connectivity index (χ3v) is 7.78. The van der Waals surface area contributed by atoms with Gasteiger partial charge in [-0.3, -0.25) is 9.59 Å². The van der Waals surface area contributed by atoms with Crippen LogP contribution in [-0.2, 0) is 4.79 Å². The maximum atomic E-state index is 13.8. The lowest BCUT2D eigenvalue weighted by Crippen LogP contribution is -2.21. The number of ether oxygens (including phenoxy) is 2. The Labute approximate surface area is 271 Å². The lowest BCUT2D eigenvalue weighted by atomic mass is 9.96. The smallest absolute Gasteiger partial charge is 0.282 e. The first kappa shape index (κ1) is 31.8. The summed E-state index contributed by atoms with van der Waals surface area (Å²) in [5, 5.41) is 8.13. The van der Waals surface area contributed by atoms with Gasteiger partial charge in [0.15, 0.2) is 18.2 Å². The number of hydrogen-bond donors (Lipinski definition) is 1. The van der Waals surface area contributed by atoms with Crippen LogP contribution in [0.4, 0.5) is 5.69 Å². The minimum atomic E-state index is -0.359. The van der Waals surface area contributed by atoms with E-state index in [0.717, 1.165) is 28.0 Å². The minimum absolute atomic E-state index is 0.162. The third kappa shape index (κ3) is 7.03. The van der Waals surface area contributed by atoms with E-state index in [9.17, 15) is 9.59 Å². The van der Waals surface area contributed by atoms with Crippen molar-refractivity contribution in [1.82, 2.24) is 9.66 Å². The van der Waals surface area contributed by atoms with Crippen molar-refractivity contribution < 1.29 is 14.3 Å². The number of anilines is 1. The summed E-state index contributed by atoms with van der Waals surface area (Å²) in [4.78, 5) is 31.0. The van der Waals surface area contributed by atoms with Crippen molar-refractivity contribution in [3.8, 4) is 22.9 Å². The van der Waals surface area contributed by atoms with Crippen LogP contribution in [0.5, 0.6) is 11.5 Å². The van der Waals surface area contributed by atoms with Gasteiger partial charge in [-0.1, -0.05) is 66.9 Å². The van der Waals surface area contributed by atoms with Gasteiger partial charge in [-0.2, -0.15) is 9.78 Å². The Kier molecular flexibility index (Phi) is 9.56. The van der Waals surface area contributed by atoms with Crippen LogP contribution in [0.15, 0.2) is 82.7 Å². The van der Waals surface area contributed by atoms with Crippen LogP contribution in [0, 0.1) is 13.8 Å². The van der Waals surface area contributed by atoms with Gasteiger partial charge in [-0.25, -0.2) is 4.98 Å². The summed E-state index contributed by atoms with van der Waals surface area (Å²) in [6, 6.07) is 21.7. The van der Waals surface area contributed by atoms with Gasteiger partial charge in [-0.15, -0.1) is 0 Å². The van der Waals surface area contributed by atoms with E-state index < -0.39 is 0 Å². The molecule has 1 aromatic heterocycles. The maximum Gasteiger partial charge on any atom is 0.282 e. The van der Waals surface area contributed by atoms with Crippen molar-refractivity contribution in [1.29, 1.82) is 0 Å². The Morgan fingerprint density at radius 3 is 2.38 bits per heavy atom. The standard InChI is InChI=1S/C35H32Cl2N4O4/c1-20(2)26-17-27(22(4)14-31(26)44-5)34-40-30-9-7-6-8-25(30)35(43)41(34)38-18-23-15-28(36)33(29(37)16-23)45-19-32(42)39-24-12-10-21(3)11-13-24/h6-18,20H,19H2,1-5H3,(H,39,42). The molecule has 0 spiro atoms. The number of benzene rings is 4. The van der Waals surface area contributed by atoms with E-state index in [1.54, 1.807) is 37.4 Å². The molecule has 5 rings (SSSR count). The molecule has 0 bridgehead atoms. The average molecular weight is 644 g/mol. The quantitative estimate of drug-likeness (QED) is 0.164. The maximum absolute atomic E-state index is 13.8. The molecule has 0 saturated carbocycles. The highest BCUT2D eigenvalue weighted by molar-refractivity contribution is 6.37. The summed E-state index contributed by atoms with van der Waals surface area (Å²) >= 11 is 13.0. The Bertz CT molecular complexity index is 1960. The topological polar surface area (TPSA) is 94.8 Å². The number of amides is 1. The second-order valence-electron chi connectivity index (χ2n) is 10.9. The highest BCUT2D eigenvalue weighted by Crippen LogP contribution is 2.35. The van der Waals surface area contributed by atoms with Crippen molar-refractivity contribution in [2.24, 2.45) is 5.10 Å². The lowest BCUT2D eigenvalue weighted by molar-refractivity contribution is -0.118. The van der Waals surface area contributed by atoms with Gasteiger partial charge in [0.05, 0.1) is 34.3 Å². The molecule has 0 saturated heterocycles. The number of carbonyl (C=O) groups is 1. The zero-order valence-electron chi connectivity index (χ0n) is 25.5. The fourth-order valence-corrected chi connectivity index (χ4v) is 5.47. The van der Waals surface area contributed by atoms with Gasteiger partial charge in [-0.05, 0) is 85.0 Å². The van der Waals surface area contributed by atoms with Gasteiger partial charge in [0, 0.05) is 11.3 Å². The molecule has 45 heavy (non-hydrogen) atoms. The number of aromatic nitrogens is 2. The fraction of sp³-hybridized carbons (Fsp3) is 0.200. The number of aryl methyl sites for hydroxylation is 2. The molecule has 1 amide bonds. The molecule has 0 unspecified atom stereocenters. The van der Waals surface area contributed by atoms with Crippen molar-refractivity contribution in [2.45, 2.75) is 33.6 Å². The summed E-state index contributed by atoms with van der Waals surface area (Å²) in [5.41, 5.74) is 5.10. The van der Waals surface area contributed by atoms with Crippen LogP contribution >= 0.6 is 23.2 Å². The predicted octanol–water partition coefficient (Wildman–Crippen LogP) is 8.02. The molecular weight excluding hydrogens is 611 g/mol. The normalized spacial score (nSPS) is 11.4. The molecule has 0 aliphatic carbocycles. The number of rotatable bonds is 9. The fourth-order valence-electron chi connectivity index (χ4n) is 4.86. The van der Waals surface area contributed by atoms with Crippen LogP contribution in [0.25, 0.3) is 22.3 Å². The van der Waals surface area contributed by atoms with Crippen LogP contribution in [0.1, 0.15) is 42.0 Å². The van der Waals surface area contributed by atoms with Crippen LogP contribution < -0.4 is 20.3 Å². The summed E-state index contributed by atoms with van der Waals surface area (Å²) in [5.74, 6) is 1.12. The molecule has 0 aliphatic heterocycles. The number of carbonyl (C=O) groups excluding carboxylic acids is 1. The third-order valence-electron chi connectivity index (χ3n) is 7.22. The van der Waals surface area contributed by atoms with E-state index in [4.69, 9.17) is 37.7 Å². The zero-order chi connectivity index (χ0) is 32.2. The van der Waals surface area contributed by atoms with E-state index in [0.29, 0.717) is 28.0 Å². The summed E-state index contributed by atoms with van der Waals surface area (Å²) in [6.45, 7) is 7.77. The first-order valence-electron chi connectivity index (χ1n) is 14.3. The molecule has 230 valence electrons. The van der Waals surface area contributed by atoms with E-state index >= 15 is 0 Å². The van der Waals surface area contributed by atoms with E-state index in [1.165, 1.54) is 10.9 Å². The number of methoxy groups -OCH3 is 1. The molecular formula is C35H32Cl2N4O4. The van der Waals surface area contributed by atoms with Crippen molar-refractivity contribution >= 4 is 51.9 Å². The number of hydrogen-bond acceptors (Lipinski definition) is 6. The van der Waals surface area contributed by atoms with Gasteiger partial charge in [0.1, 0.15) is 5.75 Å². The predicted molar refractivity (Wildman–Crippen MR) is 182 cm³/mol. The first-order chi connectivity index (χ1) is 21.5. The lowest BCUT2D eigenvalue weighted by Gasteiger charge is -2.17. The van der Waals surface area contributed by atoms with Crippen molar-refractivity contribution in [3.63, 3.8) is 0 Å². The Hall–Kier alpha value is -4.66. The minimum Gasteiger partial charge on any atom is -0.496 e. The van der Waals surface area contributed by atoms with Gasteiger partial charge < -0.3 is 14.8 Å². The first-order valence-corrected chi connectivity index (χ1v) is 15.0. The Morgan fingerprint density at radius 2 is 1.71 bits per heavy atom. The van der Waals surface area contributed by atoms with Gasteiger partial charge >= 0.3 is 0 Å². The number of fused-ring (bicyclic) bond motifs is 1. The molecule has 1 N–H and O–H groups in total. The average Bonchev–Trinajstić information content (AvgIpc) is 3.01. The van der Waals surface area contributed by atoms with Crippen molar-refractivity contribution in [2.75, 3.05) is 19.0 Å². The summed E-state index contributed by atoms with van der Waals surface area (Å²) < 4.78 is 12.6. The van der Waals surface area contributed by atoms with Crippen LogP contribution in [0.2, 0.25) is 10.0 Å². The van der Waals surface area contributed by atoms with Crippen LogP contribution in [0.3, 0.4) is 0 Å². The summed E-state index contributed by atoms with van der Waals surface area (Å²) in [7, 11) is 1.64. The van der Waals surface area contributed by atoms with E-state index in [1.807, 2.05) is 56.3 Å². The van der Waals surface area contributed by atoms with E-state index in [2.05, 4.69) is 24.3 Å². The molecule has 1 heterocycles. The second-order valence-corrected chi connectivity index (χ2v) is 11.7. The molecule has 0 radical (unpaired) electrons. The Balaban J connectivity index is 1.48. The molecule has 4 aromatic carbocycles. The molecule has 0 atom stereocenters. The number of nitrogens with one attached hydrogen (secondary N) is 1. The largest absolute Gasteiger partial charge is 0.496 e. The Morgan fingerprint density at radius 1 is 1.02 bits per heavy atom. The number of nitrogens with zero attached hydrogens (tertiary/aromatic N) is 3. The molecule has 0 fully saturated rings. The highest BCUT2D eigenvalue weighted by Gasteiger charge is 2.19. The molecule has 0 aliphatic rings. The molecule has 10 heteroatoms. The SMILES string of the molecule is COc1cc(C)c(-c2nc3ccccc3c(=O)n2N=Cc2cc(Cl)c(OCC(=O)Nc3ccc(C)cc3)c(Cl)c2)cc1C(C)C. The van der Waals surface area contributed by atoms with Gasteiger partial charge in [0.25, 0.3) is 11.5 Å². The summed E-state index contributed by atoms with van der Waals surface area (Å²) in [6.07, 6.45) is 1.48. The number of halogens is 2. The zero-order valence-corrected chi connectivity index (χ0v) is 27.0. The van der Waals surface area contributed by atoms with Crippen molar-refractivity contribution in [3.05, 3.63) is 115 Å². The second kappa shape index (κ2) is 13.5. The molecule has 8 nitrogen and oxygen atoms in total. The van der Waals surface area contributed by atoms with E-state index in [-0.39, 0.29) is 39.8 Å².